The molecule has 1 saturated heterocycles. The molecule has 0 unspecified atom stereocenters. The summed E-state index contributed by atoms with van der Waals surface area (Å²) in [5.41, 5.74) is 1.27. The lowest BCUT2D eigenvalue weighted by atomic mass is 10.2. The number of benzene rings is 1. The molecule has 1 aliphatic heterocycles. The summed E-state index contributed by atoms with van der Waals surface area (Å²) in [5.74, 6) is -0.112. The van der Waals surface area contributed by atoms with E-state index in [0.717, 1.165) is 30.0 Å². The van der Waals surface area contributed by atoms with Crippen LogP contribution in [-0.2, 0) is 17.9 Å². The van der Waals surface area contributed by atoms with Gasteiger partial charge in [0.25, 0.3) is 5.56 Å². The number of carbonyl (C=O) groups is 1. The molecular formula is C19H20N6O2. The molecule has 0 radical (unpaired) electrons. The lowest BCUT2D eigenvalue weighted by Gasteiger charge is -2.34. The minimum Gasteiger partial charge on any atom is -0.339 e. The third-order valence-electron chi connectivity index (χ3n) is 4.75. The Morgan fingerprint density at radius 3 is 2.56 bits per heavy atom. The van der Waals surface area contributed by atoms with Gasteiger partial charge in [-0.05, 0) is 24.3 Å². The molecular weight excluding hydrogens is 344 g/mol. The number of rotatable bonds is 4. The van der Waals surface area contributed by atoms with E-state index in [0.29, 0.717) is 24.0 Å². The number of piperazine rings is 1. The molecule has 2 aromatic heterocycles. The van der Waals surface area contributed by atoms with Gasteiger partial charge in [0.05, 0.1) is 11.1 Å². The quantitative estimate of drug-likeness (QED) is 0.672. The second-order valence-electron chi connectivity index (χ2n) is 6.55. The van der Waals surface area contributed by atoms with Crippen molar-refractivity contribution in [1.82, 2.24) is 29.8 Å². The van der Waals surface area contributed by atoms with Gasteiger partial charge in [0.2, 0.25) is 5.91 Å². The molecule has 1 aromatic carbocycles. The van der Waals surface area contributed by atoms with Gasteiger partial charge in [-0.15, -0.1) is 5.10 Å². The lowest BCUT2D eigenvalue weighted by molar-refractivity contribution is -0.134. The van der Waals surface area contributed by atoms with Crippen molar-refractivity contribution in [2.75, 3.05) is 26.2 Å². The molecule has 4 rings (SSSR count). The SMILES string of the molecule is O=C(Cn1nnc2ccccc2c1=O)N1CCN(Cc2ccccn2)CC1. The van der Waals surface area contributed by atoms with E-state index < -0.39 is 0 Å². The largest absolute Gasteiger partial charge is 0.339 e. The highest BCUT2D eigenvalue weighted by atomic mass is 16.2. The Kier molecular flexibility index (Phi) is 4.88. The highest BCUT2D eigenvalue weighted by Crippen LogP contribution is 2.08. The molecule has 27 heavy (non-hydrogen) atoms. The van der Waals surface area contributed by atoms with Crippen LogP contribution in [-0.4, -0.2) is 61.9 Å². The van der Waals surface area contributed by atoms with E-state index in [9.17, 15) is 9.59 Å². The van der Waals surface area contributed by atoms with E-state index in [1.165, 1.54) is 0 Å². The summed E-state index contributed by atoms with van der Waals surface area (Å²) >= 11 is 0. The van der Waals surface area contributed by atoms with E-state index in [-0.39, 0.29) is 18.0 Å². The van der Waals surface area contributed by atoms with Crippen LogP contribution in [0.1, 0.15) is 5.69 Å². The highest BCUT2D eigenvalue weighted by Gasteiger charge is 2.22. The second kappa shape index (κ2) is 7.63. The minimum atomic E-state index is -0.289. The van der Waals surface area contributed by atoms with Gasteiger partial charge in [0, 0.05) is 38.9 Å². The summed E-state index contributed by atoms with van der Waals surface area (Å²) in [4.78, 5) is 33.5. The Balaban J connectivity index is 1.37. The first-order chi connectivity index (χ1) is 13.2. The zero-order valence-electron chi connectivity index (χ0n) is 14.9. The van der Waals surface area contributed by atoms with Gasteiger partial charge >= 0.3 is 0 Å². The van der Waals surface area contributed by atoms with Crippen LogP contribution >= 0.6 is 0 Å². The second-order valence-corrected chi connectivity index (χ2v) is 6.55. The zero-order valence-corrected chi connectivity index (χ0v) is 14.9. The van der Waals surface area contributed by atoms with Crippen LogP contribution in [0, 0.1) is 0 Å². The Labute approximate surface area is 156 Å². The highest BCUT2D eigenvalue weighted by molar-refractivity contribution is 5.78. The lowest BCUT2D eigenvalue weighted by Crippen LogP contribution is -2.49. The Morgan fingerprint density at radius 1 is 1.00 bits per heavy atom. The van der Waals surface area contributed by atoms with Crippen molar-refractivity contribution in [3.05, 3.63) is 64.7 Å². The van der Waals surface area contributed by atoms with Crippen LogP contribution in [0.15, 0.2) is 53.5 Å². The summed E-state index contributed by atoms with van der Waals surface area (Å²) in [6, 6.07) is 12.9. The van der Waals surface area contributed by atoms with Crippen molar-refractivity contribution in [1.29, 1.82) is 0 Å². The van der Waals surface area contributed by atoms with Gasteiger partial charge < -0.3 is 4.90 Å². The smallest absolute Gasteiger partial charge is 0.278 e. The van der Waals surface area contributed by atoms with Crippen LogP contribution in [0.4, 0.5) is 0 Å². The summed E-state index contributed by atoms with van der Waals surface area (Å²) in [5, 5.41) is 8.40. The molecule has 0 saturated carbocycles. The first kappa shape index (κ1) is 17.3. The number of nitrogens with zero attached hydrogens (tertiary/aromatic N) is 6. The molecule has 0 atom stereocenters. The maximum Gasteiger partial charge on any atom is 0.278 e. The maximum absolute atomic E-state index is 12.6. The summed E-state index contributed by atoms with van der Waals surface area (Å²) in [7, 11) is 0. The van der Waals surface area contributed by atoms with Crippen LogP contribution in [0.25, 0.3) is 10.9 Å². The van der Waals surface area contributed by atoms with E-state index >= 15 is 0 Å². The topological polar surface area (TPSA) is 84.2 Å². The Hall–Kier alpha value is -3.13. The molecule has 0 N–H and O–H groups in total. The van der Waals surface area contributed by atoms with E-state index in [1.54, 1.807) is 35.4 Å². The number of fused-ring (bicyclic) bond motifs is 1. The van der Waals surface area contributed by atoms with Crippen molar-refractivity contribution in [2.24, 2.45) is 0 Å². The fraction of sp³-hybridized carbons (Fsp3) is 0.316. The van der Waals surface area contributed by atoms with Crippen LogP contribution in [0.2, 0.25) is 0 Å². The fourth-order valence-corrected chi connectivity index (χ4v) is 3.23. The molecule has 0 spiro atoms. The van der Waals surface area contributed by atoms with Crippen molar-refractivity contribution in [3.8, 4) is 0 Å². The van der Waals surface area contributed by atoms with Gasteiger partial charge in [0.1, 0.15) is 12.1 Å². The van der Waals surface area contributed by atoms with E-state index in [1.807, 2.05) is 18.2 Å². The zero-order chi connectivity index (χ0) is 18.6. The van der Waals surface area contributed by atoms with Gasteiger partial charge in [-0.1, -0.05) is 23.4 Å². The average Bonchev–Trinajstić information content (AvgIpc) is 2.71. The Bertz CT molecular complexity index is 996. The number of hydrogen-bond acceptors (Lipinski definition) is 6. The van der Waals surface area contributed by atoms with Crippen LogP contribution in [0.3, 0.4) is 0 Å². The van der Waals surface area contributed by atoms with Crippen LogP contribution < -0.4 is 5.56 Å². The maximum atomic E-state index is 12.6. The molecule has 0 aliphatic carbocycles. The molecule has 8 heteroatoms. The van der Waals surface area contributed by atoms with Gasteiger partial charge in [-0.3, -0.25) is 19.5 Å². The molecule has 8 nitrogen and oxygen atoms in total. The molecule has 1 fully saturated rings. The summed E-state index contributed by atoms with van der Waals surface area (Å²) in [6.07, 6.45) is 1.79. The first-order valence-corrected chi connectivity index (χ1v) is 8.93. The predicted molar refractivity (Wildman–Crippen MR) is 99.9 cm³/mol. The van der Waals surface area contributed by atoms with Crippen molar-refractivity contribution in [2.45, 2.75) is 13.1 Å². The summed E-state index contributed by atoms with van der Waals surface area (Å²) in [6.45, 7) is 3.50. The predicted octanol–water partition coefficient (Wildman–Crippen LogP) is 0.531. The molecule has 0 bridgehead atoms. The number of pyridine rings is 1. The molecule has 3 heterocycles. The van der Waals surface area contributed by atoms with E-state index in [4.69, 9.17) is 0 Å². The van der Waals surface area contributed by atoms with Gasteiger partial charge in [-0.2, -0.15) is 0 Å². The third-order valence-corrected chi connectivity index (χ3v) is 4.75. The average molecular weight is 364 g/mol. The molecule has 1 aliphatic rings. The monoisotopic (exact) mass is 364 g/mol. The van der Waals surface area contributed by atoms with Crippen LogP contribution in [0.5, 0.6) is 0 Å². The number of aromatic nitrogens is 4. The normalized spacial score (nSPS) is 15.2. The summed E-state index contributed by atoms with van der Waals surface area (Å²) < 4.78 is 1.14. The third kappa shape index (κ3) is 3.85. The molecule has 138 valence electrons. The minimum absolute atomic E-state index is 0.0864. The van der Waals surface area contributed by atoms with Gasteiger partial charge in [-0.25, -0.2) is 4.68 Å². The number of carbonyl (C=O) groups excluding carboxylic acids is 1. The standard InChI is InChI=1S/C19H20N6O2/c26-18(14-25-19(27)16-6-1-2-7-17(16)21-22-25)24-11-9-23(10-12-24)13-15-5-3-4-8-20-15/h1-8H,9-14H2. The van der Waals surface area contributed by atoms with Crippen molar-refractivity contribution >= 4 is 16.8 Å². The Morgan fingerprint density at radius 2 is 1.78 bits per heavy atom. The first-order valence-electron chi connectivity index (χ1n) is 8.93. The van der Waals surface area contributed by atoms with E-state index in [2.05, 4.69) is 20.2 Å². The number of amides is 1. The van der Waals surface area contributed by atoms with Crippen molar-refractivity contribution in [3.63, 3.8) is 0 Å². The molecule has 1 amide bonds. The van der Waals surface area contributed by atoms with Crippen molar-refractivity contribution < 1.29 is 4.79 Å². The number of hydrogen-bond donors (Lipinski definition) is 0. The fourth-order valence-electron chi connectivity index (χ4n) is 3.23. The van der Waals surface area contributed by atoms with Gasteiger partial charge in [0.15, 0.2) is 0 Å². The molecule has 3 aromatic rings.